The molecule has 0 aromatic carbocycles. The average Bonchev–Trinajstić information content (AvgIpc) is 2.28. The lowest BCUT2D eigenvalue weighted by Crippen LogP contribution is -1.92. The number of aromatic nitrogens is 3. The Morgan fingerprint density at radius 1 is 1.29 bits per heavy atom. The van der Waals surface area contributed by atoms with Crippen LogP contribution in [-0.2, 0) is 0 Å². The van der Waals surface area contributed by atoms with Gasteiger partial charge in [0.1, 0.15) is 16.1 Å². The van der Waals surface area contributed by atoms with Gasteiger partial charge >= 0.3 is 0 Å². The summed E-state index contributed by atoms with van der Waals surface area (Å²) in [6.07, 6.45) is 1.51. The summed E-state index contributed by atoms with van der Waals surface area (Å²) in [5.41, 5.74) is 2.61. The second-order valence-electron chi connectivity index (χ2n) is 3.59. The molecule has 0 aliphatic carbocycles. The SMILES string of the molecule is Cc1cc(C)nc(Sc2nnccc2C#N)c1. The van der Waals surface area contributed by atoms with E-state index < -0.39 is 0 Å². The Morgan fingerprint density at radius 3 is 2.82 bits per heavy atom. The molecule has 2 heterocycles. The van der Waals surface area contributed by atoms with Gasteiger partial charge in [0.2, 0.25) is 0 Å². The quantitative estimate of drug-likeness (QED) is 0.809. The Bertz CT molecular complexity index is 569. The molecule has 84 valence electrons. The number of nitriles is 1. The van der Waals surface area contributed by atoms with Crippen LogP contribution in [0.4, 0.5) is 0 Å². The molecule has 0 atom stereocenters. The number of pyridine rings is 1. The van der Waals surface area contributed by atoms with E-state index in [0.717, 1.165) is 16.3 Å². The van der Waals surface area contributed by atoms with Gasteiger partial charge in [-0.3, -0.25) is 0 Å². The van der Waals surface area contributed by atoms with Gasteiger partial charge in [0.25, 0.3) is 0 Å². The molecule has 0 aliphatic heterocycles. The predicted octanol–water partition coefficient (Wildman–Crippen LogP) is 2.51. The first-order valence-electron chi connectivity index (χ1n) is 5.04. The van der Waals surface area contributed by atoms with Gasteiger partial charge in [-0.2, -0.15) is 10.4 Å². The molecule has 4 nitrogen and oxygen atoms in total. The number of hydrogen-bond acceptors (Lipinski definition) is 5. The molecule has 0 bridgehead atoms. The molecule has 0 amide bonds. The molecule has 5 heteroatoms. The van der Waals surface area contributed by atoms with E-state index >= 15 is 0 Å². The van der Waals surface area contributed by atoms with Gasteiger partial charge in [0.05, 0.1) is 11.8 Å². The van der Waals surface area contributed by atoms with Crippen molar-refractivity contribution in [3.63, 3.8) is 0 Å². The largest absolute Gasteiger partial charge is 0.246 e. The zero-order valence-corrected chi connectivity index (χ0v) is 10.3. The molecular weight excluding hydrogens is 232 g/mol. The molecule has 2 aromatic heterocycles. The van der Waals surface area contributed by atoms with Crippen molar-refractivity contribution >= 4 is 11.8 Å². The van der Waals surface area contributed by atoms with Gasteiger partial charge in [-0.1, -0.05) is 0 Å². The van der Waals surface area contributed by atoms with Crippen LogP contribution in [0.2, 0.25) is 0 Å². The molecule has 0 saturated heterocycles. The predicted molar refractivity (Wildman–Crippen MR) is 64.6 cm³/mol. The summed E-state index contributed by atoms with van der Waals surface area (Å²) >= 11 is 1.36. The maximum absolute atomic E-state index is 8.95. The summed E-state index contributed by atoms with van der Waals surface area (Å²) in [6.45, 7) is 3.96. The Morgan fingerprint density at radius 2 is 2.12 bits per heavy atom. The third-order valence-electron chi connectivity index (χ3n) is 2.08. The Hall–Kier alpha value is -1.93. The highest BCUT2D eigenvalue weighted by Crippen LogP contribution is 2.27. The first kappa shape index (κ1) is 11.6. The van der Waals surface area contributed by atoms with Crippen molar-refractivity contribution in [3.8, 4) is 6.07 Å². The van der Waals surface area contributed by atoms with Crippen molar-refractivity contribution in [2.45, 2.75) is 23.9 Å². The monoisotopic (exact) mass is 242 g/mol. The second-order valence-corrected chi connectivity index (χ2v) is 4.60. The normalized spacial score (nSPS) is 9.94. The smallest absolute Gasteiger partial charge is 0.143 e. The summed E-state index contributed by atoms with van der Waals surface area (Å²) in [7, 11) is 0. The van der Waals surface area contributed by atoms with Gasteiger partial charge in [-0.25, -0.2) is 4.98 Å². The lowest BCUT2D eigenvalue weighted by Gasteiger charge is -2.03. The fourth-order valence-corrected chi connectivity index (χ4v) is 2.38. The molecule has 0 aliphatic rings. The topological polar surface area (TPSA) is 62.5 Å². The Balaban J connectivity index is 2.35. The van der Waals surface area contributed by atoms with Crippen LogP contribution in [0.15, 0.2) is 34.4 Å². The average molecular weight is 242 g/mol. The van der Waals surface area contributed by atoms with Crippen LogP contribution in [0.3, 0.4) is 0 Å². The fraction of sp³-hybridized carbons (Fsp3) is 0.167. The molecule has 17 heavy (non-hydrogen) atoms. The number of hydrogen-bond donors (Lipinski definition) is 0. The molecule has 0 saturated carbocycles. The van der Waals surface area contributed by atoms with Gasteiger partial charge in [0, 0.05) is 5.69 Å². The van der Waals surface area contributed by atoms with E-state index in [1.54, 1.807) is 6.07 Å². The Kier molecular flexibility index (Phi) is 3.35. The van der Waals surface area contributed by atoms with Crippen LogP contribution in [0, 0.1) is 25.2 Å². The minimum Gasteiger partial charge on any atom is -0.246 e. The van der Waals surface area contributed by atoms with Crippen LogP contribution in [0.25, 0.3) is 0 Å². The zero-order valence-electron chi connectivity index (χ0n) is 9.51. The minimum atomic E-state index is 0.519. The van der Waals surface area contributed by atoms with Crippen molar-refractivity contribution in [2.75, 3.05) is 0 Å². The summed E-state index contributed by atoms with van der Waals surface area (Å²) in [5, 5.41) is 18.1. The van der Waals surface area contributed by atoms with E-state index in [4.69, 9.17) is 5.26 Å². The minimum absolute atomic E-state index is 0.519. The first-order valence-corrected chi connectivity index (χ1v) is 5.85. The fourth-order valence-electron chi connectivity index (χ4n) is 1.43. The Labute approximate surface area is 104 Å². The summed E-state index contributed by atoms with van der Waals surface area (Å²) in [5.74, 6) is 0. The summed E-state index contributed by atoms with van der Waals surface area (Å²) < 4.78 is 0. The van der Waals surface area contributed by atoms with Crippen molar-refractivity contribution in [1.29, 1.82) is 5.26 Å². The van der Waals surface area contributed by atoms with E-state index in [-0.39, 0.29) is 0 Å². The molecule has 0 unspecified atom stereocenters. The highest BCUT2D eigenvalue weighted by molar-refractivity contribution is 7.99. The standard InChI is InChI=1S/C12H10N4S/c1-8-5-9(2)15-11(6-8)17-12-10(7-13)3-4-14-16-12/h3-6H,1-2H3. The van der Waals surface area contributed by atoms with Crippen molar-refractivity contribution in [3.05, 3.63) is 41.2 Å². The maximum Gasteiger partial charge on any atom is 0.143 e. The number of nitrogens with zero attached hydrogens (tertiary/aromatic N) is 4. The third-order valence-corrected chi connectivity index (χ3v) is 3.00. The van der Waals surface area contributed by atoms with E-state index in [0.29, 0.717) is 10.6 Å². The van der Waals surface area contributed by atoms with Crippen molar-refractivity contribution < 1.29 is 0 Å². The van der Waals surface area contributed by atoms with E-state index in [9.17, 15) is 0 Å². The van der Waals surface area contributed by atoms with Crippen LogP contribution in [0.1, 0.15) is 16.8 Å². The van der Waals surface area contributed by atoms with Crippen molar-refractivity contribution in [2.24, 2.45) is 0 Å². The van der Waals surface area contributed by atoms with Gasteiger partial charge in [0.15, 0.2) is 0 Å². The van der Waals surface area contributed by atoms with E-state index in [1.165, 1.54) is 18.0 Å². The lowest BCUT2D eigenvalue weighted by atomic mass is 10.3. The molecule has 0 N–H and O–H groups in total. The first-order chi connectivity index (χ1) is 8.19. The highest BCUT2D eigenvalue weighted by Gasteiger charge is 2.07. The van der Waals surface area contributed by atoms with Gasteiger partial charge in [-0.15, -0.1) is 5.10 Å². The molecule has 2 aromatic rings. The van der Waals surface area contributed by atoms with E-state index in [2.05, 4.69) is 21.3 Å². The van der Waals surface area contributed by atoms with Crippen molar-refractivity contribution in [1.82, 2.24) is 15.2 Å². The number of rotatable bonds is 2. The lowest BCUT2D eigenvalue weighted by molar-refractivity contribution is 0.915. The maximum atomic E-state index is 8.95. The summed E-state index contributed by atoms with van der Waals surface area (Å²) in [4.78, 5) is 4.39. The van der Waals surface area contributed by atoms with Gasteiger partial charge < -0.3 is 0 Å². The van der Waals surface area contributed by atoms with E-state index in [1.807, 2.05) is 26.0 Å². The van der Waals surface area contributed by atoms with Crippen LogP contribution in [0.5, 0.6) is 0 Å². The highest BCUT2D eigenvalue weighted by atomic mass is 32.2. The van der Waals surface area contributed by atoms with Crippen LogP contribution >= 0.6 is 11.8 Å². The molecular formula is C12H10N4S. The molecule has 0 radical (unpaired) electrons. The third kappa shape index (κ3) is 2.80. The van der Waals surface area contributed by atoms with Crippen LogP contribution in [-0.4, -0.2) is 15.2 Å². The van der Waals surface area contributed by atoms with Crippen LogP contribution < -0.4 is 0 Å². The number of aryl methyl sites for hydroxylation is 2. The second kappa shape index (κ2) is 4.93. The zero-order chi connectivity index (χ0) is 12.3. The molecule has 0 fully saturated rings. The molecule has 0 spiro atoms. The summed E-state index contributed by atoms with van der Waals surface area (Å²) in [6, 6.07) is 7.72. The van der Waals surface area contributed by atoms with Gasteiger partial charge in [-0.05, 0) is 49.4 Å². The molecule has 2 rings (SSSR count).